The molecule has 8 nitrogen and oxygen atoms in total. The second kappa shape index (κ2) is 9.37. The van der Waals surface area contributed by atoms with E-state index in [1.807, 2.05) is 0 Å². The zero-order chi connectivity index (χ0) is 16.5. The first-order valence-corrected chi connectivity index (χ1v) is 7.36. The minimum absolute atomic E-state index is 0.211. The number of rotatable bonds is 7. The summed E-state index contributed by atoms with van der Waals surface area (Å²) in [5, 5.41) is 0. The number of methoxy groups -OCH3 is 2. The van der Waals surface area contributed by atoms with E-state index in [0.29, 0.717) is 52.2 Å². The summed E-state index contributed by atoms with van der Waals surface area (Å²) in [7, 11) is 3.07. The topological polar surface area (TPSA) is 102 Å². The predicted octanol–water partition coefficient (Wildman–Crippen LogP) is -1.17. The van der Waals surface area contributed by atoms with E-state index in [1.165, 1.54) is 24.0 Å². The fourth-order valence-corrected chi connectivity index (χ4v) is 2.36. The predicted molar refractivity (Wildman–Crippen MR) is 78.8 cm³/mol. The smallest absolute Gasteiger partial charge is 0.312 e. The molecule has 3 amide bonds. The molecular weight excluding hydrogens is 290 g/mol. The second-order valence-electron chi connectivity index (χ2n) is 5.25. The molecule has 1 saturated heterocycles. The fourth-order valence-electron chi connectivity index (χ4n) is 2.36. The summed E-state index contributed by atoms with van der Waals surface area (Å²) in [4.78, 5) is 38.6. The number of likely N-dealkylation sites (tertiary alicyclic amines) is 1. The van der Waals surface area contributed by atoms with Gasteiger partial charge in [-0.1, -0.05) is 0 Å². The third kappa shape index (κ3) is 5.27. The molecule has 1 heterocycles. The number of carbonyl (C=O) groups is 3. The molecule has 0 aromatic rings. The Morgan fingerprint density at radius 2 is 1.59 bits per heavy atom. The Morgan fingerprint density at radius 3 is 2.00 bits per heavy atom. The van der Waals surface area contributed by atoms with Gasteiger partial charge in [-0.25, -0.2) is 0 Å². The highest BCUT2D eigenvalue weighted by molar-refractivity contribution is 6.34. The number of carbonyl (C=O) groups excluding carboxylic acids is 3. The Hall–Kier alpha value is -1.67. The van der Waals surface area contributed by atoms with Crippen molar-refractivity contribution in [2.45, 2.75) is 12.8 Å². The van der Waals surface area contributed by atoms with Crippen molar-refractivity contribution in [2.24, 2.45) is 11.7 Å². The second-order valence-corrected chi connectivity index (χ2v) is 5.25. The van der Waals surface area contributed by atoms with Gasteiger partial charge in [0.25, 0.3) is 0 Å². The minimum atomic E-state index is -0.563. The molecule has 1 aliphatic rings. The monoisotopic (exact) mass is 315 g/mol. The SMILES string of the molecule is COCCN(CCOC)C(=O)C(=O)N1CCC(C(N)=O)CC1. The van der Waals surface area contributed by atoms with Crippen molar-refractivity contribution < 1.29 is 23.9 Å². The highest BCUT2D eigenvalue weighted by Crippen LogP contribution is 2.17. The van der Waals surface area contributed by atoms with Crippen LogP contribution in [0, 0.1) is 5.92 Å². The summed E-state index contributed by atoms with van der Waals surface area (Å²) >= 11 is 0. The van der Waals surface area contributed by atoms with Crippen molar-refractivity contribution >= 4 is 17.7 Å². The standard InChI is InChI=1S/C14H25N3O5/c1-21-9-7-17(8-10-22-2)14(20)13(19)16-5-3-11(4-6-16)12(15)18/h11H,3-10H2,1-2H3,(H2,15,18). The molecule has 0 radical (unpaired) electrons. The lowest BCUT2D eigenvalue weighted by molar-refractivity contribution is -0.153. The molecule has 126 valence electrons. The lowest BCUT2D eigenvalue weighted by Crippen LogP contribution is -2.50. The van der Waals surface area contributed by atoms with E-state index in [4.69, 9.17) is 15.2 Å². The molecule has 1 fully saturated rings. The first-order valence-electron chi connectivity index (χ1n) is 7.36. The Labute approximate surface area is 130 Å². The number of ether oxygens (including phenoxy) is 2. The van der Waals surface area contributed by atoms with Crippen molar-refractivity contribution in [3.8, 4) is 0 Å². The van der Waals surface area contributed by atoms with E-state index in [0.717, 1.165) is 0 Å². The maximum Gasteiger partial charge on any atom is 0.312 e. The quantitative estimate of drug-likeness (QED) is 0.597. The van der Waals surface area contributed by atoms with E-state index in [9.17, 15) is 14.4 Å². The van der Waals surface area contributed by atoms with Gasteiger partial charge in [0.2, 0.25) is 5.91 Å². The third-order valence-electron chi connectivity index (χ3n) is 3.79. The van der Waals surface area contributed by atoms with Crippen LogP contribution in [0.15, 0.2) is 0 Å². The van der Waals surface area contributed by atoms with Crippen LogP contribution in [-0.4, -0.2) is 81.1 Å². The van der Waals surface area contributed by atoms with Crippen LogP contribution < -0.4 is 5.73 Å². The molecule has 1 aliphatic heterocycles. The average molecular weight is 315 g/mol. The maximum atomic E-state index is 12.3. The highest BCUT2D eigenvalue weighted by atomic mass is 16.5. The zero-order valence-corrected chi connectivity index (χ0v) is 13.2. The zero-order valence-electron chi connectivity index (χ0n) is 13.2. The Balaban J connectivity index is 2.57. The van der Waals surface area contributed by atoms with E-state index in [1.54, 1.807) is 0 Å². The van der Waals surface area contributed by atoms with E-state index >= 15 is 0 Å². The largest absolute Gasteiger partial charge is 0.383 e. The third-order valence-corrected chi connectivity index (χ3v) is 3.79. The van der Waals surface area contributed by atoms with Gasteiger partial charge in [0.05, 0.1) is 13.2 Å². The molecule has 2 N–H and O–H groups in total. The van der Waals surface area contributed by atoms with Crippen LogP contribution in [-0.2, 0) is 23.9 Å². The van der Waals surface area contributed by atoms with E-state index < -0.39 is 11.8 Å². The van der Waals surface area contributed by atoms with Gasteiger partial charge < -0.3 is 25.0 Å². The van der Waals surface area contributed by atoms with Crippen LogP contribution >= 0.6 is 0 Å². The van der Waals surface area contributed by atoms with Crippen molar-refractivity contribution in [3.63, 3.8) is 0 Å². The normalized spacial score (nSPS) is 15.6. The van der Waals surface area contributed by atoms with Crippen LogP contribution in [0.4, 0.5) is 0 Å². The fraction of sp³-hybridized carbons (Fsp3) is 0.786. The molecule has 22 heavy (non-hydrogen) atoms. The Kier molecular flexibility index (Phi) is 7.83. The lowest BCUT2D eigenvalue weighted by atomic mass is 9.96. The van der Waals surface area contributed by atoms with Crippen LogP contribution in [0.5, 0.6) is 0 Å². The number of piperidine rings is 1. The summed E-state index contributed by atoms with van der Waals surface area (Å²) in [5.41, 5.74) is 5.26. The molecule has 8 heteroatoms. The molecule has 0 spiro atoms. The Morgan fingerprint density at radius 1 is 1.09 bits per heavy atom. The average Bonchev–Trinajstić information content (AvgIpc) is 2.53. The van der Waals surface area contributed by atoms with Gasteiger partial charge in [-0.2, -0.15) is 0 Å². The van der Waals surface area contributed by atoms with Gasteiger partial charge in [-0.3, -0.25) is 14.4 Å². The van der Waals surface area contributed by atoms with Gasteiger partial charge in [0.1, 0.15) is 0 Å². The Bertz CT molecular complexity index is 386. The summed E-state index contributed by atoms with van der Waals surface area (Å²) in [6, 6.07) is 0. The van der Waals surface area contributed by atoms with Crippen LogP contribution in [0.2, 0.25) is 0 Å². The van der Waals surface area contributed by atoms with E-state index in [2.05, 4.69) is 0 Å². The number of hydrogen-bond acceptors (Lipinski definition) is 5. The summed E-state index contributed by atoms with van der Waals surface area (Å²) in [6.07, 6.45) is 1.01. The summed E-state index contributed by atoms with van der Waals surface area (Å²) in [5.74, 6) is -1.67. The number of primary amides is 1. The van der Waals surface area contributed by atoms with Crippen molar-refractivity contribution in [1.82, 2.24) is 9.80 Å². The first-order chi connectivity index (χ1) is 10.5. The van der Waals surface area contributed by atoms with Gasteiger partial charge in [0, 0.05) is 46.3 Å². The van der Waals surface area contributed by atoms with Gasteiger partial charge in [-0.05, 0) is 12.8 Å². The number of nitrogens with two attached hydrogens (primary N) is 1. The molecule has 0 bridgehead atoms. The van der Waals surface area contributed by atoms with Crippen LogP contribution in [0.1, 0.15) is 12.8 Å². The van der Waals surface area contributed by atoms with Crippen molar-refractivity contribution in [3.05, 3.63) is 0 Å². The molecule has 0 aromatic heterocycles. The number of amides is 3. The van der Waals surface area contributed by atoms with Gasteiger partial charge in [0.15, 0.2) is 0 Å². The number of nitrogens with zero attached hydrogens (tertiary/aromatic N) is 2. The molecule has 0 unspecified atom stereocenters. The minimum Gasteiger partial charge on any atom is -0.383 e. The van der Waals surface area contributed by atoms with Crippen molar-refractivity contribution in [2.75, 3.05) is 53.6 Å². The highest BCUT2D eigenvalue weighted by Gasteiger charge is 2.31. The first kappa shape index (κ1) is 18.4. The number of hydrogen-bond donors (Lipinski definition) is 1. The molecule has 0 saturated carbocycles. The van der Waals surface area contributed by atoms with Crippen LogP contribution in [0.3, 0.4) is 0 Å². The molecule has 1 rings (SSSR count). The van der Waals surface area contributed by atoms with E-state index in [-0.39, 0.29) is 11.8 Å². The molecule has 0 atom stereocenters. The van der Waals surface area contributed by atoms with Crippen molar-refractivity contribution in [1.29, 1.82) is 0 Å². The molecule has 0 aromatic carbocycles. The van der Waals surface area contributed by atoms with Gasteiger partial charge in [-0.15, -0.1) is 0 Å². The molecular formula is C14H25N3O5. The summed E-state index contributed by atoms with van der Waals surface area (Å²) in [6.45, 7) is 2.13. The molecule has 0 aliphatic carbocycles. The lowest BCUT2D eigenvalue weighted by Gasteiger charge is -2.31. The van der Waals surface area contributed by atoms with Crippen LogP contribution in [0.25, 0.3) is 0 Å². The van der Waals surface area contributed by atoms with Gasteiger partial charge >= 0.3 is 11.8 Å². The summed E-state index contributed by atoms with van der Waals surface area (Å²) < 4.78 is 9.91. The maximum absolute atomic E-state index is 12.3.